The Morgan fingerprint density at radius 2 is 0.723 bits per heavy atom. The van der Waals surface area contributed by atoms with Crippen molar-refractivity contribution < 1.29 is 39.8 Å². The molecule has 7 atom stereocenters. The van der Waals surface area contributed by atoms with Crippen molar-refractivity contribution in [1.29, 1.82) is 0 Å². The first-order valence-electron chi connectivity index (χ1n) is 36.4. The second-order valence-corrected chi connectivity index (χ2v) is 25.4. The molecule has 0 aromatic heterocycles. The monoisotopic (exact) mass is 1170 g/mol. The van der Waals surface area contributed by atoms with Gasteiger partial charge in [0.25, 0.3) is 0 Å². The van der Waals surface area contributed by atoms with Crippen LogP contribution in [0, 0.1) is 0 Å². The molecule has 1 amide bonds. The molecule has 0 spiro atoms. The molecular weight excluding hydrogens is 1030 g/mol. The average molecular weight is 1170 g/mol. The molecule has 0 saturated carbocycles. The summed E-state index contributed by atoms with van der Waals surface area (Å²) in [4.78, 5) is 13.1. The molecule has 1 aliphatic rings. The van der Waals surface area contributed by atoms with Crippen LogP contribution in [0.15, 0.2) is 48.6 Å². The van der Waals surface area contributed by atoms with Gasteiger partial charge >= 0.3 is 0 Å². The fourth-order valence-electron chi connectivity index (χ4n) is 11.7. The van der Waals surface area contributed by atoms with Crippen molar-refractivity contribution in [3.63, 3.8) is 0 Å². The summed E-state index contributed by atoms with van der Waals surface area (Å²) in [6, 6.07) is -0.822. The van der Waals surface area contributed by atoms with Crippen LogP contribution in [0.4, 0.5) is 0 Å². The highest BCUT2D eigenvalue weighted by Crippen LogP contribution is 2.23. The normalized spacial score (nSPS) is 18.5. The molecule has 1 aliphatic heterocycles. The van der Waals surface area contributed by atoms with E-state index >= 15 is 0 Å². The van der Waals surface area contributed by atoms with Crippen LogP contribution in [0.1, 0.15) is 361 Å². The lowest BCUT2D eigenvalue weighted by Gasteiger charge is -2.40. The summed E-state index contributed by atoms with van der Waals surface area (Å²) in [7, 11) is 0. The van der Waals surface area contributed by atoms with Crippen LogP contribution >= 0.6 is 0 Å². The third-order valence-corrected chi connectivity index (χ3v) is 17.4. The maximum Gasteiger partial charge on any atom is 0.220 e. The van der Waals surface area contributed by atoms with Crippen molar-refractivity contribution in [1.82, 2.24) is 5.32 Å². The van der Waals surface area contributed by atoms with E-state index in [-0.39, 0.29) is 12.5 Å². The van der Waals surface area contributed by atoms with Crippen LogP contribution in [0.25, 0.3) is 0 Å². The number of unbranched alkanes of at least 4 members (excludes halogenated alkanes) is 48. The summed E-state index contributed by atoms with van der Waals surface area (Å²) in [5.74, 6) is -0.179. The number of hydrogen-bond acceptors (Lipinski definition) is 8. The molecular formula is C74H139NO8. The number of rotatable bonds is 64. The molecule has 7 unspecified atom stereocenters. The maximum atomic E-state index is 13.1. The second kappa shape index (κ2) is 63.2. The molecule has 0 radical (unpaired) electrons. The summed E-state index contributed by atoms with van der Waals surface area (Å²) in [5.41, 5.74) is 0. The van der Waals surface area contributed by atoms with E-state index in [0.717, 1.165) is 44.9 Å². The Morgan fingerprint density at radius 3 is 1.08 bits per heavy atom. The lowest BCUT2D eigenvalue weighted by molar-refractivity contribution is -0.302. The fraction of sp³-hybridized carbons (Fsp3) is 0.878. The highest BCUT2D eigenvalue weighted by Gasteiger charge is 2.44. The predicted octanol–water partition coefficient (Wildman–Crippen LogP) is 20.0. The number of carbonyl (C=O) groups excluding carboxylic acids is 1. The SMILES string of the molecule is CCCCCCC/C=C\C/C=C\CCCCCCCCCCCCCCCCCCCCCCCCCCCC(=O)NC(COC1OC(CO)C(O)C(O)C1O)C(O)/C=C/CC/C=C/CCCCCCCCCCCCCCCCCCC. The van der Waals surface area contributed by atoms with Crippen LogP contribution in [-0.2, 0) is 14.3 Å². The number of amides is 1. The molecule has 488 valence electrons. The molecule has 1 fully saturated rings. The molecule has 0 aromatic rings. The molecule has 6 N–H and O–H groups in total. The molecule has 0 bridgehead atoms. The van der Waals surface area contributed by atoms with Gasteiger partial charge in [0.05, 0.1) is 25.4 Å². The Morgan fingerprint density at radius 1 is 0.410 bits per heavy atom. The van der Waals surface area contributed by atoms with E-state index in [0.29, 0.717) is 6.42 Å². The minimum atomic E-state index is -1.57. The highest BCUT2D eigenvalue weighted by atomic mass is 16.7. The van der Waals surface area contributed by atoms with Crippen LogP contribution in [0.5, 0.6) is 0 Å². The van der Waals surface area contributed by atoms with E-state index in [1.165, 1.54) is 295 Å². The van der Waals surface area contributed by atoms with E-state index in [1.807, 2.05) is 6.08 Å². The van der Waals surface area contributed by atoms with Gasteiger partial charge in [-0.3, -0.25) is 4.79 Å². The van der Waals surface area contributed by atoms with Gasteiger partial charge in [-0.2, -0.15) is 0 Å². The minimum absolute atomic E-state index is 0.179. The zero-order chi connectivity index (χ0) is 60.0. The number of nitrogens with one attached hydrogen (secondary N) is 1. The Hall–Kier alpha value is -1.85. The Bertz CT molecular complexity index is 1450. The van der Waals surface area contributed by atoms with Crippen molar-refractivity contribution >= 4 is 5.91 Å². The number of aliphatic hydroxyl groups excluding tert-OH is 5. The third kappa shape index (κ3) is 51.9. The predicted molar refractivity (Wildman–Crippen MR) is 355 cm³/mol. The van der Waals surface area contributed by atoms with Crippen LogP contribution in [0.2, 0.25) is 0 Å². The second-order valence-electron chi connectivity index (χ2n) is 25.4. The van der Waals surface area contributed by atoms with Gasteiger partial charge in [-0.25, -0.2) is 0 Å². The first kappa shape index (κ1) is 79.2. The highest BCUT2D eigenvalue weighted by molar-refractivity contribution is 5.76. The van der Waals surface area contributed by atoms with Gasteiger partial charge in [0, 0.05) is 6.42 Å². The Labute approximate surface area is 514 Å². The molecule has 9 heteroatoms. The summed E-state index contributed by atoms with van der Waals surface area (Å²) in [6.07, 6.45) is 79.5. The largest absolute Gasteiger partial charge is 0.394 e. The molecule has 83 heavy (non-hydrogen) atoms. The van der Waals surface area contributed by atoms with Crippen molar-refractivity contribution in [2.75, 3.05) is 13.2 Å². The van der Waals surface area contributed by atoms with Gasteiger partial charge in [-0.1, -0.05) is 339 Å². The average Bonchev–Trinajstić information content (AvgIpc) is 3.60. The lowest BCUT2D eigenvalue weighted by Crippen LogP contribution is -2.60. The third-order valence-electron chi connectivity index (χ3n) is 17.4. The number of aliphatic hydroxyl groups is 5. The van der Waals surface area contributed by atoms with Crippen molar-refractivity contribution in [2.45, 2.75) is 403 Å². The van der Waals surface area contributed by atoms with Crippen molar-refractivity contribution in [3.05, 3.63) is 48.6 Å². The summed E-state index contributed by atoms with van der Waals surface area (Å²) < 4.78 is 11.3. The first-order chi connectivity index (χ1) is 40.8. The van der Waals surface area contributed by atoms with E-state index in [4.69, 9.17) is 9.47 Å². The number of allylic oxidation sites excluding steroid dienone is 7. The summed E-state index contributed by atoms with van der Waals surface area (Å²) in [5, 5.41) is 54.7. The minimum Gasteiger partial charge on any atom is -0.394 e. The zero-order valence-electron chi connectivity index (χ0n) is 54.7. The molecule has 1 heterocycles. The molecule has 1 rings (SSSR count). The smallest absolute Gasteiger partial charge is 0.220 e. The number of hydrogen-bond donors (Lipinski definition) is 6. The molecule has 1 saturated heterocycles. The van der Waals surface area contributed by atoms with Gasteiger partial charge in [0.15, 0.2) is 6.29 Å². The van der Waals surface area contributed by atoms with Crippen LogP contribution in [0.3, 0.4) is 0 Å². The maximum absolute atomic E-state index is 13.1. The van der Waals surface area contributed by atoms with Gasteiger partial charge in [0.1, 0.15) is 24.4 Å². The summed E-state index contributed by atoms with van der Waals surface area (Å²) >= 11 is 0. The Kier molecular flexibility index (Phi) is 60.3. The lowest BCUT2D eigenvalue weighted by atomic mass is 9.99. The van der Waals surface area contributed by atoms with E-state index < -0.39 is 49.5 Å². The van der Waals surface area contributed by atoms with Crippen molar-refractivity contribution in [2.24, 2.45) is 0 Å². The standard InChI is InChI=1S/C74H139NO8/c1-3-5-7-9-11-13-15-17-19-21-23-25-27-28-29-30-31-32-33-34-35-36-37-38-39-40-42-44-46-48-50-52-54-56-58-60-62-64-70(78)75-67(66-82-74-73(81)72(80)71(79)69(65-76)83-74)68(77)63-61-59-57-55-53-51-49-47-45-43-41-26-24-22-20-18-16-14-12-10-8-6-4-2/h15,17,21,23,53,55,61,63,67-69,71-74,76-77,79-81H,3-14,16,18-20,22,24-52,54,56-60,62,64-66H2,1-2H3,(H,75,78)/b17-15-,23-21-,55-53+,63-61+. The van der Waals surface area contributed by atoms with Crippen molar-refractivity contribution in [3.8, 4) is 0 Å². The topological polar surface area (TPSA) is 149 Å². The quantitative estimate of drug-likeness (QED) is 0.0261. The van der Waals surface area contributed by atoms with Crippen LogP contribution < -0.4 is 5.32 Å². The fourth-order valence-corrected chi connectivity index (χ4v) is 11.7. The Balaban J connectivity index is 2.09. The van der Waals surface area contributed by atoms with E-state index in [1.54, 1.807) is 6.08 Å². The van der Waals surface area contributed by atoms with E-state index in [9.17, 15) is 30.3 Å². The number of ether oxygens (including phenoxy) is 2. The van der Waals surface area contributed by atoms with Gasteiger partial charge < -0.3 is 40.3 Å². The van der Waals surface area contributed by atoms with Gasteiger partial charge in [-0.05, 0) is 64.2 Å². The van der Waals surface area contributed by atoms with Crippen LogP contribution in [-0.4, -0.2) is 87.5 Å². The molecule has 0 aliphatic carbocycles. The van der Waals surface area contributed by atoms with Gasteiger partial charge in [0.2, 0.25) is 5.91 Å². The zero-order valence-corrected chi connectivity index (χ0v) is 54.7. The van der Waals surface area contributed by atoms with E-state index in [2.05, 4.69) is 55.6 Å². The first-order valence-corrected chi connectivity index (χ1v) is 36.4. The summed E-state index contributed by atoms with van der Waals surface area (Å²) in [6.45, 7) is 3.80. The molecule has 9 nitrogen and oxygen atoms in total. The number of carbonyl (C=O) groups is 1. The van der Waals surface area contributed by atoms with Gasteiger partial charge in [-0.15, -0.1) is 0 Å². The molecule has 0 aromatic carbocycles.